The summed E-state index contributed by atoms with van der Waals surface area (Å²) in [6.07, 6.45) is 4.36. The first kappa shape index (κ1) is 24.8. The fraction of sp³-hybridized carbons (Fsp3) is 0.762. The third-order valence-electron chi connectivity index (χ3n) is 4.06. The van der Waals surface area contributed by atoms with Crippen molar-refractivity contribution < 1.29 is 13.9 Å². The van der Waals surface area contributed by atoms with Crippen molar-refractivity contribution in [2.45, 2.75) is 91.3 Å². The van der Waals surface area contributed by atoms with E-state index in [-0.39, 0.29) is 11.5 Å². The Morgan fingerprint density at radius 1 is 1.24 bits per heavy atom. The number of nitrogens with one attached hydrogen (secondary N) is 3. The molecule has 8 heteroatoms. The number of nitrogens with zero attached hydrogens (tertiary/aromatic N) is 2. The predicted octanol–water partition coefficient (Wildman–Crippen LogP) is 3.72. The number of oxazole rings is 1. The molecular formula is C21H39N5O3. The predicted molar refractivity (Wildman–Crippen MR) is 116 cm³/mol. The zero-order valence-corrected chi connectivity index (χ0v) is 19.3. The summed E-state index contributed by atoms with van der Waals surface area (Å²) in [6.45, 7) is 14.8. The van der Waals surface area contributed by atoms with E-state index < -0.39 is 11.7 Å². The van der Waals surface area contributed by atoms with Gasteiger partial charge < -0.3 is 25.1 Å². The number of hydrogen-bond acceptors (Lipinski definition) is 5. The van der Waals surface area contributed by atoms with Crippen molar-refractivity contribution in [3.63, 3.8) is 0 Å². The minimum atomic E-state index is -0.518. The van der Waals surface area contributed by atoms with Crippen LogP contribution in [0.5, 0.6) is 0 Å². The van der Waals surface area contributed by atoms with Gasteiger partial charge in [-0.05, 0) is 27.2 Å². The van der Waals surface area contributed by atoms with E-state index in [1.165, 1.54) is 0 Å². The second kappa shape index (κ2) is 11.1. The zero-order chi connectivity index (χ0) is 22.1. The molecule has 1 aromatic heterocycles. The highest BCUT2D eigenvalue weighted by atomic mass is 16.6. The van der Waals surface area contributed by atoms with Crippen molar-refractivity contribution in [2.24, 2.45) is 4.99 Å². The topological polar surface area (TPSA) is 101 Å². The smallest absolute Gasteiger partial charge is 0.407 e. The van der Waals surface area contributed by atoms with Crippen molar-refractivity contribution in [1.82, 2.24) is 20.9 Å². The van der Waals surface area contributed by atoms with Gasteiger partial charge in [0.05, 0.1) is 12.7 Å². The minimum Gasteiger partial charge on any atom is -0.444 e. The first-order valence-corrected chi connectivity index (χ1v) is 10.3. The van der Waals surface area contributed by atoms with E-state index in [1.807, 2.05) is 20.8 Å². The molecule has 29 heavy (non-hydrogen) atoms. The number of rotatable bonds is 8. The Labute approximate surface area is 175 Å². The summed E-state index contributed by atoms with van der Waals surface area (Å²) < 4.78 is 11.1. The Bertz CT molecular complexity index is 656. The lowest BCUT2D eigenvalue weighted by atomic mass is 9.94. The maximum Gasteiger partial charge on any atom is 0.407 e. The molecule has 0 aromatic carbocycles. The molecule has 0 saturated carbocycles. The summed E-state index contributed by atoms with van der Waals surface area (Å²) in [5, 5.41) is 9.42. The molecular weight excluding hydrogens is 370 g/mol. The Morgan fingerprint density at radius 3 is 2.45 bits per heavy atom. The van der Waals surface area contributed by atoms with Gasteiger partial charge in [-0.3, -0.25) is 4.99 Å². The molecule has 1 unspecified atom stereocenters. The molecule has 0 bridgehead atoms. The quantitative estimate of drug-likeness (QED) is 0.447. The molecule has 0 fully saturated rings. The molecule has 8 nitrogen and oxygen atoms in total. The number of carbonyl (C=O) groups excluding carboxylic acids is 1. The molecule has 0 saturated heterocycles. The summed E-state index contributed by atoms with van der Waals surface area (Å²) in [6, 6.07) is 0.0309. The standard InChI is InChI=1S/C21H39N5O3/c1-9-10-11-15(12-25-19(27)29-21(5,6)7)26-18(22-8)24-14-17-23-13-16(28-17)20(2,3)4/h13,15H,9-12,14H2,1-8H3,(H,25,27)(H2,22,24,26). The summed E-state index contributed by atoms with van der Waals surface area (Å²) in [5.74, 6) is 2.09. The van der Waals surface area contributed by atoms with Gasteiger partial charge in [0, 0.05) is 25.0 Å². The Hall–Kier alpha value is -2.25. The molecule has 166 valence electrons. The average Bonchev–Trinajstić information content (AvgIpc) is 3.08. The Kier molecular flexibility index (Phi) is 9.46. The summed E-state index contributed by atoms with van der Waals surface area (Å²) in [4.78, 5) is 20.6. The lowest BCUT2D eigenvalue weighted by Gasteiger charge is -2.24. The number of unbranched alkanes of at least 4 members (excludes halogenated alkanes) is 1. The van der Waals surface area contributed by atoms with Crippen LogP contribution in [-0.2, 0) is 16.7 Å². The van der Waals surface area contributed by atoms with Crippen molar-refractivity contribution in [3.8, 4) is 0 Å². The molecule has 0 radical (unpaired) electrons. The van der Waals surface area contributed by atoms with Crippen LogP contribution in [0.25, 0.3) is 0 Å². The molecule has 0 spiro atoms. The number of aromatic nitrogens is 1. The van der Waals surface area contributed by atoms with Crippen molar-refractivity contribution in [2.75, 3.05) is 13.6 Å². The molecule has 3 N–H and O–H groups in total. The molecule has 0 aliphatic rings. The van der Waals surface area contributed by atoms with Crippen molar-refractivity contribution in [3.05, 3.63) is 17.8 Å². The van der Waals surface area contributed by atoms with Crippen LogP contribution in [0.2, 0.25) is 0 Å². The van der Waals surface area contributed by atoms with Gasteiger partial charge in [0.2, 0.25) is 5.89 Å². The van der Waals surface area contributed by atoms with Gasteiger partial charge >= 0.3 is 6.09 Å². The van der Waals surface area contributed by atoms with E-state index in [2.05, 4.69) is 53.6 Å². The maximum atomic E-state index is 12.0. The summed E-state index contributed by atoms with van der Waals surface area (Å²) >= 11 is 0. The van der Waals surface area contributed by atoms with Crippen LogP contribution in [0.4, 0.5) is 4.79 Å². The summed E-state index contributed by atoms with van der Waals surface area (Å²) in [7, 11) is 1.71. The molecule has 1 rings (SSSR count). The Morgan fingerprint density at radius 2 is 1.93 bits per heavy atom. The number of aliphatic imine (C=N–C) groups is 1. The highest BCUT2D eigenvalue weighted by Crippen LogP contribution is 2.22. The van der Waals surface area contributed by atoms with Crippen LogP contribution >= 0.6 is 0 Å². The van der Waals surface area contributed by atoms with Crippen LogP contribution in [0.15, 0.2) is 15.6 Å². The Balaban J connectivity index is 2.60. The third kappa shape index (κ3) is 10.2. The van der Waals surface area contributed by atoms with Crippen molar-refractivity contribution >= 4 is 12.1 Å². The second-order valence-electron chi connectivity index (χ2n) is 9.16. The van der Waals surface area contributed by atoms with Crippen LogP contribution in [0, 0.1) is 0 Å². The van der Waals surface area contributed by atoms with Gasteiger partial charge in [-0.1, -0.05) is 40.5 Å². The average molecular weight is 410 g/mol. The lowest BCUT2D eigenvalue weighted by molar-refractivity contribution is 0.0523. The van der Waals surface area contributed by atoms with Gasteiger partial charge in [-0.15, -0.1) is 0 Å². The highest BCUT2D eigenvalue weighted by molar-refractivity contribution is 5.80. The SMILES string of the molecule is CCCCC(CNC(=O)OC(C)(C)C)NC(=NC)NCc1ncc(C(C)(C)C)o1. The molecule has 1 amide bonds. The van der Waals surface area contributed by atoms with E-state index in [0.717, 1.165) is 25.0 Å². The number of alkyl carbamates (subject to hydrolysis) is 1. The normalized spacial score (nSPS) is 13.7. The third-order valence-corrected chi connectivity index (χ3v) is 4.06. The van der Waals surface area contributed by atoms with E-state index in [4.69, 9.17) is 9.15 Å². The zero-order valence-electron chi connectivity index (χ0n) is 19.3. The number of carbonyl (C=O) groups is 1. The first-order valence-electron chi connectivity index (χ1n) is 10.3. The van der Waals surface area contributed by atoms with Gasteiger partial charge in [0.1, 0.15) is 11.4 Å². The number of ether oxygens (including phenoxy) is 1. The van der Waals surface area contributed by atoms with E-state index in [1.54, 1.807) is 13.2 Å². The first-order chi connectivity index (χ1) is 13.4. The fourth-order valence-corrected chi connectivity index (χ4v) is 2.48. The maximum absolute atomic E-state index is 12.0. The molecule has 1 atom stereocenters. The second-order valence-corrected chi connectivity index (χ2v) is 9.16. The van der Waals surface area contributed by atoms with Crippen LogP contribution < -0.4 is 16.0 Å². The van der Waals surface area contributed by atoms with Gasteiger partial charge in [0.15, 0.2) is 5.96 Å². The monoisotopic (exact) mass is 409 g/mol. The number of amides is 1. The van der Waals surface area contributed by atoms with E-state index in [0.29, 0.717) is 24.9 Å². The molecule has 0 aliphatic carbocycles. The number of guanidine groups is 1. The molecule has 0 aliphatic heterocycles. The largest absolute Gasteiger partial charge is 0.444 e. The van der Waals surface area contributed by atoms with Crippen LogP contribution in [-0.4, -0.2) is 42.3 Å². The molecule has 1 heterocycles. The number of hydrogen-bond donors (Lipinski definition) is 3. The highest BCUT2D eigenvalue weighted by Gasteiger charge is 2.20. The summed E-state index contributed by atoms with van der Waals surface area (Å²) in [5.41, 5.74) is -0.597. The van der Waals surface area contributed by atoms with Gasteiger partial charge in [-0.2, -0.15) is 0 Å². The molecule has 1 aromatic rings. The van der Waals surface area contributed by atoms with E-state index in [9.17, 15) is 4.79 Å². The van der Waals surface area contributed by atoms with Gasteiger partial charge in [-0.25, -0.2) is 9.78 Å². The van der Waals surface area contributed by atoms with Gasteiger partial charge in [0.25, 0.3) is 0 Å². The minimum absolute atomic E-state index is 0.0309. The van der Waals surface area contributed by atoms with Crippen molar-refractivity contribution in [1.29, 1.82) is 0 Å². The fourth-order valence-electron chi connectivity index (χ4n) is 2.48. The van der Waals surface area contributed by atoms with Crippen LogP contribution in [0.1, 0.15) is 79.4 Å². The lowest BCUT2D eigenvalue weighted by Crippen LogP contribution is -2.48. The van der Waals surface area contributed by atoms with E-state index >= 15 is 0 Å². The van der Waals surface area contributed by atoms with Crippen LogP contribution in [0.3, 0.4) is 0 Å².